The van der Waals surface area contributed by atoms with Gasteiger partial charge in [-0.1, -0.05) is 23.2 Å². The third-order valence-electron chi connectivity index (χ3n) is 1.94. The predicted molar refractivity (Wildman–Crippen MR) is 50.8 cm³/mol. The van der Waals surface area contributed by atoms with Crippen molar-refractivity contribution in [3.8, 4) is 0 Å². The van der Waals surface area contributed by atoms with Crippen molar-refractivity contribution in [1.29, 1.82) is 0 Å². The lowest BCUT2D eigenvalue weighted by molar-refractivity contribution is 0.513. The highest BCUT2D eigenvalue weighted by molar-refractivity contribution is 6.35. The second kappa shape index (κ2) is 2.68. The van der Waals surface area contributed by atoms with E-state index < -0.39 is 0 Å². The second-order valence-corrected chi connectivity index (χ2v) is 3.55. The number of rotatable bonds is 0. The zero-order valence-corrected chi connectivity index (χ0v) is 7.65. The standard InChI is InChI=1S/C9H6Cl2O/c10-5-3-7-6(8(11)4-5)1-2-9(7)12/h2-4,12H,1H2. The zero-order valence-electron chi connectivity index (χ0n) is 6.14. The van der Waals surface area contributed by atoms with E-state index in [0.717, 1.165) is 11.1 Å². The third kappa shape index (κ3) is 1.10. The molecule has 1 N–H and O–H groups in total. The highest BCUT2D eigenvalue weighted by atomic mass is 35.5. The van der Waals surface area contributed by atoms with Crippen molar-refractivity contribution >= 4 is 29.0 Å². The van der Waals surface area contributed by atoms with Gasteiger partial charge in [-0.15, -0.1) is 0 Å². The van der Waals surface area contributed by atoms with Crippen LogP contribution in [0.3, 0.4) is 0 Å². The third-order valence-corrected chi connectivity index (χ3v) is 2.49. The average molecular weight is 201 g/mol. The summed E-state index contributed by atoms with van der Waals surface area (Å²) < 4.78 is 0. The zero-order chi connectivity index (χ0) is 8.72. The first-order valence-electron chi connectivity index (χ1n) is 3.56. The summed E-state index contributed by atoms with van der Waals surface area (Å²) in [6.45, 7) is 0. The molecule has 0 radical (unpaired) electrons. The molecule has 1 aliphatic carbocycles. The van der Waals surface area contributed by atoms with Crippen LogP contribution >= 0.6 is 23.2 Å². The molecule has 1 aromatic rings. The SMILES string of the molecule is OC1=CCc2c(Cl)cc(Cl)cc21. The summed E-state index contributed by atoms with van der Waals surface area (Å²) in [6.07, 6.45) is 2.42. The van der Waals surface area contributed by atoms with Crippen LogP contribution in [0, 0.1) is 0 Å². The van der Waals surface area contributed by atoms with Gasteiger partial charge >= 0.3 is 0 Å². The predicted octanol–water partition coefficient (Wildman–Crippen LogP) is 3.45. The summed E-state index contributed by atoms with van der Waals surface area (Å²) in [6, 6.07) is 3.41. The maximum Gasteiger partial charge on any atom is 0.119 e. The summed E-state index contributed by atoms with van der Waals surface area (Å²) in [4.78, 5) is 0. The Hall–Kier alpha value is -0.660. The lowest BCUT2D eigenvalue weighted by atomic mass is 10.1. The molecule has 12 heavy (non-hydrogen) atoms. The molecule has 0 spiro atoms. The second-order valence-electron chi connectivity index (χ2n) is 2.71. The molecular weight excluding hydrogens is 195 g/mol. The van der Waals surface area contributed by atoms with Crippen molar-refractivity contribution in [3.05, 3.63) is 39.4 Å². The first-order chi connectivity index (χ1) is 5.68. The molecule has 0 saturated heterocycles. The number of aliphatic hydroxyl groups excluding tert-OH is 1. The molecule has 1 nitrogen and oxygen atoms in total. The smallest absolute Gasteiger partial charge is 0.119 e. The molecule has 2 rings (SSSR count). The van der Waals surface area contributed by atoms with Crippen LogP contribution in [0.25, 0.3) is 5.76 Å². The van der Waals surface area contributed by atoms with Crippen molar-refractivity contribution in [1.82, 2.24) is 0 Å². The normalized spacial score (nSPS) is 14.3. The Labute approximate surface area is 80.2 Å². The van der Waals surface area contributed by atoms with Gasteiger partial charge in [0.2, 0.25) is 0 Å². The van der Waals surface area contributed by atoms with Gasteiger partial charge in [0, 0.05) is 15.6 Å². The van der Waals surface area contributed by atoms with E-state index in [0.29, 0.717) is 16.5 Å². The minimum Gasteiger partial charge on any atom is -0.508 e. The molecule has 1 aromatic carbocycles. The fourth-order valence-corrected chi connectivity index (χ4v) is 1.92. The van der Waals surface area contributed by atoms with Gasteiger partial charge in [-0.25, -0.2) is 0 Å². The highest BCUT2D eigenvalue weighted by Gasteiger charge is 2.16. The molecule has 0 amide bonds. The quantitative estimate of drug-likeness (QED) is 0.681. The fraction of sp³-hybridized carbons (Fsp3) is 0.111. The first-order valence-corrected chi connectivity index (χ1v) is 4.31. The number of hydrogen-bond donors (Lipinski definition) is 1. The minimum atomic E-state index is 0.273. The highest BCUT2D eigenvalue weighted by Crippen LogP contribution is 2.33. The van der Waals surface area contributed by atoms with Crippen molar-refractivity contribution in [2.24, 2.45) is 0 Å². The number of benzene rings is 1. The summed E-state index contributed by atoms with van der Waals surface area (Å²) in [5.41, 5.74) is 1.71. The fourth-order valence-electron chi connectivity index (χ4n) is 1.35. The topological polar surface area (TPSA) is 20.2 Å². The van der Waals surface area contributed by atoms with Crippen molar-refractivity contribution < 1.29 is 5.11 Å². The van der Waals surface area contributed by atoms with Crippen LogP contribution in [0.15, 0.2) is 18.2 Å². The van der Waals surface area contributed by atoms with Crippen LogP contribution in [0.5, 0.6) is 0 Å². The largest absolute Gasteiger partial charge is 0.508 e. The van der Waals surface area contributed by atoms with Crippen LogP contribution < -0.4 is 0 Å². The van der Waals surface area contributed by atoms with E-state index in [-0.39, 0.29) is 5.76 Å². The summed E-state index contributed by atoms with van der Waals surface area (Å²) in [5.74, 6) is 0.273. The number of aliphatic hydroxyl groups is 1. The Morgan fingerprint density at radius 1 is 1.25 bits per heavy atom. The van der Waals surface area contributed by atoms with E-state index in [1.807, 2.05) is 0 Å². The van der Waals surface area contributed by atoms with Crippen LogP contribution in [0.4, 0.5) is 0 Å². The molecule has 0 saturated carbocycles. The van der Waals surface area contributed by atoms with Crippen LogP contribution in [0.2, 0.25) is 10.0 Å². The molecule has 0 unspecified atom stereocenters. The lowest BCUT2D eigenvalue weighted by Crippen LogP contribution is -1.85. The van der Waals surface area contributed by atoms with Gasteiger partial charge in [-0.3, -0.25) is 0 Å². The summed E-state index contributed by atoms with van der Waals surface area (Å²) in [5, 5.41) is 10.6. The Bertz CT molecular complexity index is 369. The average Bonchev–Trinajstić information content (AvgIpc) is 2.33. The van der Waals surface area contributed by atoms with Gasteiger partial charge in [0.15, 0.2) is 0 Å². The Morgan fingerprint density at radius 2 is 2.00 bits per heavy atom. The molecule has 0 aromatic heterocycles. The summed E-state index contributed by atoms with van der Waals surface area (Å²) in [7, 11) is 0. The lowest BCUT2D eigenvalue weighted by Gasteiger charge is -2.03. The van der Waals surface area contributed by atoms with Gasteiger partial charge in [-0.2, -0.15) is 0 Å². The maximum atomic E-state index is 9.37. The number of fused-ring (bicyclic) bond motifs is 1. The van der Waals surface area contributed by atoms with Crippen LogP contribution in [0.1, 0.15) is 11.1 Å². The number of hydrogen-bond acceptors (Lipinski definition) is 1. The minimum absolute atomic E-state index is 0.273. The Balaban J connectivity index is 2.67. The van der Waals surface area contributed by atoms with Crippen molar-refractivity contribution in [2.75, 3.05) is 0 Å². The van der Waals surface area contributed by atoms with E-state index in [1.54, 1.807) is 18.2 Å². The number of allylic oxidation sites excluding steroid dienone is 1. The van der Waals surface area contributed by atoms with E-state index in [4.69, 9.17) is 23.2 Å². The van der Waals surface area contributed by atoms with Gasteiger partial charge in [0.25, 0.3) is 0 Å². The molecule has 1 aliphatic rings. The monoisotopic (exact) mass is 200 g/mol. The molecule has 62 valence electrons. The van der Waals surface area contributed by atoms with E-state index in [1.165, 1.54) is 0 Å². The molecular formula is C9H6Cl2O. The van der Waals surface area contributed by atoms with Crippen LogP contribution in [-0.4, -0.2) is 5.11 Å². The van der Waals surface area contributed by atoms with Gasteiger partial charge in [-0.05, 0) is 30.2 Å². The van der Waals surface area contributed by atoms with E-state index >= 15 is 0 Å². The summed E-state index contributed by atoms with van der Waals surface area (Å²) >= 11 is 11.7. The van der Waals surface area contributed by atoms with Crippen molar-refractivity contribution in [2.45, 2.75) is 6.42 Å². The molecule has 0 heterocycles. The molecule has 3 heteroatoms. The Morgan fingerprint density at radius 3 is 2.75 bits per heavy atom. The van der Waals surface area contributed by atoms with E-state index in [9.17, 15) is 5.11 Å². The van der Waals surface area contributed by atoms with E-state index in [2.05, 4.69) is 0 Å². The molecule has 0 fully saturated rings. The van der Waals surface area contributed by atoms with Crippen molar-refractivity contribution in [3.63, 3.8) is 0 Å². The Kier molecular flexibility index (Phi) is 1.78. The molecule has 0 bridgehead atoms. The first kappa shape index (κ1) is 7.96. The maximum absolute atomic E-state index is 9.37. The van der Waals surface area contributed by atoms with Crippen LogP contribution in [-0.2, 0) is 6.42 Å². The van der Waals surface area contributed by atoms with Gasteiger partial charge in [0.05, 0.1) is 0 Å². The molecule has 0 atom stereocenters. The molecule has 0 aliphatic heterocycles. The van der Waals surface area contributed by atoms with Gasteiger partial charge in [0.1, 0.15) is 5.76 Å². The number of halogens is 2. The van der Waals surface area contributed by atoms with Gasteiger partial charge < -0.3 is 5.11 Å².